The molecule has 0 aromatic heterocycles. The third kappa shape index (κ3) is 2.76. The summed E-state index contributed by atoms with van der Waals surface area (Å²) in [7, 11) is 0. The first-order valence-corrected chi connectivity index (χ1v) is 7.11. The molecule has 100 valence electrons. The van der Waals surface area contributed by atoms with E-state index in [1.54, 1.807) is 0 Å². The maximum absolute atomic E-state index is 6.11. The molecule has 0 spiro atoms. The Morgan fingerprint density at radius 2 is 2.00 bits per heavy atom. The minimum Gasteiger partial charge on any atom is -0.375 e. The molecule has 3 atom stereocenters. The maximum atomic E-state index is 6.11. The van der Waals surface area contributed by atoms with Gasteiger partial charge in [0, 0.05) is 12.0 Å². The van der Waals surface area contributed by atoms with Crippen LogP contribution in [0, 0.1) is 0 Å². The molecule has 0 radical (unpaired) electrons. The third-order valence-electron chi connectivity index (χ3n) is 4.39. The summed E-state index contributed by atoms with van der Waals surface area (Å²) in [6.07, 6.45) is 5.28. The maximum Gasteiger partial charge on any atom is 0.0588 e. The van der Waals surface area contributed by atoms with Crippen molar-refractivity contribution in [2.24, 2.45) is 5.73 Å². The molecule has 1 aromatic carbocycles. The summed E-state index contributed by atoms with van der Waals surface area (Å²) < 4.78 is 5.99. The quantitative estimate of drug-likeness (QED) is 0.867. The van der Waals surface area contributed by atoms with Crippen LogP contribution < -0.4 is 5.73 Å². The fourth-order valence-electron chi connectivity index (χ4n) is 3.07. The van der Waals surface area contributed by atoms with Crippen molar-refractivity contribution in [3.8, 4) is 0 Å². The van der Waals surface area contributed by atoms with E-state index in [1.807, 2.05) is 0 Å². The van der Waals surface area contributed by atoms with Crippen molar-refractivity contribution in [1.29, 1.82) is 0 Å². The summed E-state index contributed by atoms with van der Waals surface area (Å²) in [6, 6.07) is 10.7. The molecule has 2 nitrogen and oxygen atoms in total. The number of ether oxygens (including phenoxy) is 1. The van der Waals surface area contributed by atoms with E-state index < -0.39 is 0 Å². The van der Waals surface area contributed by atoms with Gasteiger partial charge in [-0.2, -0.15) is 0 Å². The lowest BCUT2D eigenvalue weighted by Crippen LogP contribution is -2.38. The van der Waals surface area contributed by atoms with Crippen molar-refractivity contribution in [1.82, 2.24) is 0 Å². The van der Waals surface area contributed by atoms with Gasteiger partial charge in [0.05, 0.1) is 12.2 Å². The van der Waals surface area contributed by atoms with Gasteiger partial charge in [0.2, 0.25) is 0 Å². The van der Waals surface area contributed by atoms with E-state index >= 15 is 0 Å². The highest BCUT2D eigenvalue weighted by Crippen LogP contribution is 2.36. The summed E-state index contributed by atoms with van der Waals surface area (Å²) in [6.45, 7) is 5.10. The Kier molecular flexibility index (Phi) is 4.41. The van der Waals surface area contributed by atoms with Gasteiger partial charge in [0.15, 0.2) is 0 Å². The molecule has 18 heavy (non-hydrogen) atoms. The number of hydrogen-bond donors (Lipinski definition) is 1. The van der Waals surface area contributed by atoms with Crippen LogP contribution in [-0.4, -0.2) is 18.8 Å². The number of benzene rings is 1. The molecule has 0 saturated carbocycles. The van der Waals surface area contributed by atoms with Gasteiger partial charge in [-0.15, -0.1) is 0 Å². The molecule has 1 fully saturated rings. The van der Waals surface area contributed by atoms with Crippen molar-refractivity contribution in [3.05, 3.63) is 35.9 Å². The van der Waals surface area contributed by atoms with Gasteiger partial charge in [0.1, 0.15) is 0 Å². The fourth-order valence-corrected chi connectivity index (χ4v) is 3.07. The molecule has 1 aromatic rings. The number of hydrogen-bond acceptors (Lipinski definition) is 2. The SMILES string of the molecule is CCC(CN)(CC1CCC(C)O1)c1ccccc1. The normalized spacial score (nSPS) is 27.1. The first-order chi connectivity index (χ1) is 8.70. The fraction of sp³-hybridized carbons (Fsp3) is 0.625. The van der Waals surface area contributed by atoms with E-state index in [0.717, 1.165) is 12.8 Å². The highest BCUT2D eigenvalue weighted by Gasteiger charge is 2.34. The van der Waals surface area contributed by atoms with Crippen molar-refractivity contribution in [2.45, 2.75) is 57.2 Å². The molecule has 0 bridgehead atoms. The molecule has 1 aliphatic rings. The number of nitrogens with two attached hydrogens (primary N) is 1. The minimum atomic E-state index is 0.0794. The summed E-state index contributed by atoms with van der Waals surface area (Å²) in [4.78, 5) is 0. The zero-order valence-corrected chi connectivity index (χ0v) is 11.6. The van der Waals surface area contributed by atoms with E-state index in [-0.39, 0.29) is 5.41 Å². The van der Waals surface area contributed by atoms with Crippen molar-refractivity contribution < 1.29 is 4.74 Å². The molecular weight excluding hydrogens is 222 g/mol. The van der Waals surface area contributed by atoms with E-state index in [1.165, 1.54) is 18.4 Å². The topological polar surface area (TPSA) is 35.2 Å². The Balaban J connectivity index is 2.16. The first-order valence-electron chi connectivity index (χ1n) is 7.11. The van der Waals surface area contributed by atoms with Crippen LogP contribution in [0.5, 0.6) is 0 Å². The monoisotopic (exact) mass is 247 g/mol. The summed E-state index contributed by atoms with van der Waals surface area (Å²) in [5.74, 6) is 0. The summed E-state index contributed by atoms with van der Waals surface area (Å²) >= 11 is 0. The van der Waals surface area contributed by atoms with Gasteiger partial charge < -0.3 is 10.5 Å². The average molecular weight is 247 g/mol. The second-order valence-electron chi connectivity index (χ2n) is 5.55. The Hall–Kier alpha value is -0.860. The lowest BCUT2D eigenvalue weighted by atomic mass is 9.73. The Morgan fingerprint density at radius 3 is 2.50 bits per heavy atom. The Bertz CT molecular complexity index is 359. The lowest BCUT2D eigenvalue weighted by Gasteiger charge is -2.34. The van der Waals surface area contributed by atoms with Gasteiger partial charge in [-0.3, -0.25) is 0 Å². The average Bonchev–Trinajstić information content (AvgIpc) is 2.82. The molecule has 2 N–H and O–H groups in total. The number of rotatable bonds is 5. The van der Waals surface area contributed by atoms with E-state index in [2.05, 4.69) is 44.2 Å². The lowest BCUT2D eigenvalue weighted by molar-refractivity contribution is 0.0357. The molecular formula is C16H25NO. The van der Waals surface area contributed by atoms with Gasteiger partial charge in [0.25, 0.3) is 0 Å². The highest BCUT2D eigenvalue weighted by atomic mass is 16.5. The van der Waals surface area contributed by atoms with Crippen LogP contribution in [0.3, 0.4) is 0 Å². The van der Waals surface area contributed by atoms with E-state index in [4.69, 9.17) is 10.5 Å². The molecule has 3 unspecified atom stereocenters. The molecule has 1 heterocycles. The highest BCUT2D eigenvalue weighted by molar-refractivity contribution is 5.26. The Labute approximate surface area is 111 Å². The molecule has 2 rings (SSSR count). The standard InChI is InChI=1S/C16H25NO/c1-3-16(12-17,14-7-5-4-6-8-14)11-15-10-9-13(2)18-15/h4-8,13,15H,3,9-12,17H2,1-2H3. The second-order valence-corrected chi connectivity index (χ2v) is 5.55. The largest absolute Gasteiger partial charge is 0.375 e. The molecule has 1 saturated heterocycles. The predicted molar refractivity (Wildman–Crippen MR) is 75.7 cm³/mol. The zero-order chi connectivity index (χ0) is 13.0. The molecule has 2 heteroatoms. The van der Waals surface area contributed by atoms with Crippen LogP contribution in [-0.2, 0) is 10.2 Å². The van der Waals surface area contributed by atoms with Gasteiger partial charge in [-0.1, -0.05) is 37.3 Å². The van der Waals surface area contributed by atoms with Crippen LogP contribution in [0.2, 0.25) is 0 Å². The van der Waals surface area contributed by atoms with Crippen LogP contribution in [0.15, 0.2) is 30.3 Å². The summed E-state index contributed by atoms with van der Waals surface area (Å²) in [5, 5.41) is 0. The summed E-state index contributed by atoms with van der Waals surface area (Å²) in [5.41, 5.74) is 7.55. The predicted octanol–water partition coefficient (Wildman–Crippen LogP) is 3.25. The van der Waals surface area contributed by atoms with Crippen LogP contribution >= 0.6 is 0 Å². The Morgan fingerprint density at radius 1 is 1.28 bits per heavy atom. The van der Waals surface area contributed by atoms with Gasteiger partial charge in [-0.05, 0) is 38.2 Å². The van der Waals surface area contributed by atoms with Gasteiger partial charge >= 0.3 is 0 Å². The molecule has 0 aliphatic carbocycles. The van der Waals surface area contributed by atoms with Crippen molar-refractivity contribution >= 4 is 0 Å². The first kappa shape index (κ1) is 13.6. The zero-order valence-electron chi connectivity index (χ0n) is 11.6. The van der Waals surface area contributed by atoms with Gasteiger partial charge in [-0.25, -0.2) is 0 Å². The van der Waals surface area contributed by atoms with Crippen LogP contribution in [0.1, 0.15) is 45.1 Å². The van der Waals surface area contributed by atoms with Crippen molar-refractivity contribution in [2.75, 3.05) is 6.54 Å². The molecule has 0 amide bonds. The van der Waals surface area contributed by atoms with Crippen molar-refractivity contribution in [3.63, 3.8) is 0 Å². The smallest absolute Gasteiger partial charge is 0.0588 e. The van der Waals surface area contributed by atoms with Crippen LogP contribution in [0.4, 0.5) is 0 Å². The van der Waals surface area contributed by atoms with E-state index in [9.17, 15) is 0 Å². The van der Waals surface area contributed by atoms with Crippen LogP contribution in [0.25, 0.3) is 0 Å². The second kappa shape index (κ2) is 5.85. The third-order valence-corrected chi connectivity index (χ3v) is 4.39. The minimum absolute atomic E-state index is 0.0794. The molecule has 1 aliphatic heterocycles. The van der Waals surface area contributed by atoms with E-state index in [0.29, 0.717) is 18.8 Å².